The van der Waals surface area contributed by atoms with Gasteiger partial charge in [-0.2, -0.15) is 4.31 Å². The Balaban J connectivity index is 1.94. The number of likely N-dealkylation sites (N-methyl/N-ethyl adjacent to an activating group) is 1. The Labute approximate surface area is 124 Å². The molecule has 7 heteroatoms. The fourth-order valence-corrected chi connectivity index (χ4v) is 4.31. The van der Waals surface area contributed by atoms with E-state index in [2.05, 4.69) is 0 Å². The van der Waals surface area contributed by atoms with Gasteiger partial charge in [0.2, 0.25) is 15.9 Å². The van der Waals surface area contributed by atoms with Crippen molar-refractivity contribution in [2.75, 3.05) is 31.6 Å². The first-order chi connectivity index (χ1) is 9.89. The monoisotopic (exact) mass is 310 g/mol. The summed E-state index contributed by atoms with van der Waals surface area (Å²) in [5.41, 5.74) is 1.55. The quantitative estimate of drug-likeness (QED) is 0.803. The number of nitrogens with zero attached hydrogens (tertiary/aromatic N) is 2. The number of hydrogen-bond acceptors (Lipinski definition) is 4. The third kappa shape index (κ3) is 2.45. The van der Waals surface area contributed by atoms with E-state index in [0.29, 0.717) is 19.7 Å². The number of carbonyl (C=O) groups is 1. The van der Waals surface area contributed by atoms with Crippen LogP contribution in [0, 0.1) is 0 Å². The van der Waals surface area contributed by atoms with Crippen LogP contribution in [0.4, 0.5) is 5.69 Å². The molecule has 0 bridgehead atoms. The Morgan fingerprint density at radius 2 is 2.10 bits per heavy atom. The van der Waals surface area contributed by atoms with E-state index in [9.17, 15) is 13.2 Å². The third-order valence-electron chi connectivity index (χ3n) is 3.97. The lowest BCUT2D eigenvalue weighted by atomic mass is 10.2. The number of fused-ring (bicyclic) bond motifs is 1. The largest absolute Gasteiger partial charge is 0.376 e. The van der Waals surface area contributed by atoms with Crippen LogP contribution in [0.1, 0.15) is 12.5 Å². The second-order valence-electron chi connectivity index (χ2n) is 5.46. The summed E-state index contributed by atoms with van der Waals surface area (Å²) in [5.74, 6) is -0.0143. The summed E-state index contributed by atoms with van der Waals surface area (Å²) in [6.45, 7) is 2.99. The lowest BCUT2D eigenvalue weighted by Crippen LogP contribution is -2.44. The topological polar surface area (TPSA) is 66.9 Å². The van der Waals surface area contributed by atoms with Crippen molar-refractivity contribution in [1.82, 2.24) is 4.31 Å². The van der Waals surface area contributed by atoms with E-state index in [1.54, 1.807) is 30.1 Å². The van der Waals surface area contributed by atoms with Gasteiger partial charge in [0.15, 0.2) is 0 Å². The van der Waals surface area contributed by atoms with Crippen molar-refractivity contribution in [3.8, 4) is 0 Å². The first kappa shape index (κ1) is 14.5. The average Bonchev–Trinajstić information content (AvgIpc) is 2.73. The minimum atomic E-state index is -3.53. The van der Waals surface area contributed by atoms with E-state index in [0.717, 1.165) is 11.3 Å². The standard InChI is InChI=1S/C14H18N2O4S/c1-10-9-16(5-6-20-10)21(18,19)12-3-4-13-11(7-12)8-14(17)15(13)2/h3-4,7,10H,5-6,8-9H2,1-2H3. The molecule has 2 aliphatic rings. The van der Waals surface area contributed by atoms with Crippen LogP contribution >= 0.6 is 0 Å². The van der Waals surface area contributed by atoms with Gasteiger partial charge in [-0.25, -0.2) is 8.42 Å². The number of morpholine rings is 1. The molecule has 0 saturated carbocycles. The average molecular weight is 310 g/mol. The summed E-state index contributed by atoms with van der Waals surface area (Å²) in [6, 6.07) is 4.90. The van der Waals surface area contributed by atoms with Gasteiger partial charge in [-0.3, -0.25) is 4.79 Å². The number of carbonyl (C=O) groups excluding carboxylic acids is 1. The van der Waals surface area contributed by atoms with Gasteiger partial charge in [0.1, 0.15) is 0 Å². The predicted molar refractivity (Wildman–Crippen MR) is 77.7 cm³/mol. The Morgan fingerprint density at radius 3 is 2.81 bits per heavy atom. The lowest BCUT2D eigenvalue weighted by Gasteiger charge is -2.30. The summed E-state index contributed by atoms with van der Waals surface area (Å²) in [6.07, 6.45) is 0.157. The van der Waals surface area contributed by atoms with Gasteiger partial charge in [0.25, 0.3) is 0 Å². The number of sulfonamides is 1. The molecule has 0 N–H and O–H groups in total. The zero-order chi connectivity index (χ0) is 15.2. The van der Waals surface area contributed by atoms with Crippen molar-refractivity contribution in [2.24, 2.45) is 0 Å². The second-order valence-corrected chi connectivity index (χ2v) is 7.40. The second kappa shape index (κ2) is 5.08. The van der Waals surface area contributed by atoms with Crippen LogP contribution in [0.25, 0.3) is 0 Å². The van der Waals surface area contributed by atoms with E-state index >= 15 is 0 Å². The summed E-state index contributed by atoms with van der Waals surface area (Å²) in [4.78, 5) is 13.5. The molecule has 0 aromatic heterocycles. The highest BCUT2D eigenvalue weighted by molar-refractivity contribution is 7.89. The highest BCUT2D eigenvalue weighted by atomic mass is 32.2. The molecule has 1 aromatic rings. The molecule has 1 amide bonds. The smallest absolute Gasteiger partial charge is 0.243 e. The molecule has 1 atom stereocenters. The lowest BCUT2D eigenvalue weighted by molar-refractivity contribution is -0.117. The molecule has 0 radical (unpaired) electrons. The molecule has 1 unspecified atom stereocenters. The summed E-state index contributed by atoms with van der Waals surface area (Å²) in [7, 11) is -1.83. The minimum Gasteiger partial charge on any atom is -0.376 e. The molecule has 1 aromatic carbocycles. The Bertz CT molecular complexity index is 686. The van der Waals surface area contributed by atoms with Gasteiger partial charge in [-0.1, -0.05) is 0 Å². The van der Waals surface area contributed by atoms with E-state index in [4.69, 9.17) is 4.74 Å². The van der Waals surface area contributed by atoms with Gasteiger partial charge >= 0.3 is 0 Å². The van der Waals surface area contributed by atoms with Crippen LogP contribution in [-0.4, -0.2) is 51.5 Å². The van der Waals surface area contributed by atoms with Crippen LogP contribution in [0.5, 0.6) is 0 Å². The maximum Gasteiger partial charge on any atom is 0.243 e. The summed E-state index contributed by atoms with van der Waals surface area (Å²) < 4.78 is 32.2. The molecule has 2 aliphatic heterocycles. The Hall–Kier alpha value is -1.44. The number of hydrogen-bond donors (Lipinski definition) is 0. The molecule has 6 nitrogen and oxygen atoms in total. The molecule has 2 heterocycles. The van der Waals surface area contributed by atoms with Gasteiger partial charge < -0.3 is 9.64 Å². The van der Waals surface area contributed by atoms with E-state index in [1.165, 1.54) is 4.31 Å². The third-order valence-corrected chi connectivity index (χ3v) is 5.83. The minimum absolute atomic E-state index is 0.0143. The van der Waals surface area contributed by atoms with Crippen molar-refractivity contribution >= 4 is 21.6 Å². The molecule has 1 fully saturated rings. The van der Waals surface area contributed by atoms with Crippen LogP contribution in [0.2, 0.25) is 0 Å². The number of anilines is 1. The first-order valence-corrected chi connectivity index (χ1v) is 8.35. The molecule has 114 valence electrons. The molecule has 21 heavy (non-hydrogen) atoms. The SMILES string of the molecule is CC1CN(S(=O)(=O)c2ccc3c(c2)CC(=O)N3C)CCO1. The van der Waals surface area contributed by atoms with E-state index in [-0.39, 0.29) is 23.3 Å². The molecule has 1 saturated heterocycles. The van der Waals surface area contributed by atoms with Crippen LogP contribution in [-0.2, 0) is 26.0 Å². The Morgan fingerprint density at radius 1 is 1.33 bits per heavy atom. The van der Waals surface area contributed by atoms with Crippen molar-refractivity contribution in [3.05, 3.63) is 23.8 Å². The van der Waals surface area contributed by atoms with Gasteiger partial charge in [-0.05, 0) is 30.7 Å². The van der Waals surface area contributed by atoms with Gasteiger partial charge in [-0.15, -0.1) is 0 Å². The number of amides is 1. The zero-order valence-corrected chi connectivity index (χ0v) is 12.9. The van der Waals surface area contributed by atoms with E-state index in [1.807, 2.05) is 6.92 Å². The highest BCUT2D eigenvalue weighted by Crippen LogP contribution is 2.31. The zero-order valence-electron chi connectivity index (χ0n) is 12.1. The Kier molecular flexibility index (Phi) is 3.51. The van der Waals surface area contributed by atoms with Crippen molar-refractivity contribution in [2.45, 2.75) is 24.3 Å². The maximum absolute atomic E-state index is 12.7. The van der Waals surface area contributed by atoms with Gasteiger partial charge in [0, 0.05) is 25.8 Å². The summed E-state index contributed by atoms with van der Waals surface area (Å²) >= 11 is 0. The number of rotatable bonds is 2. The highest BCUT2D eigenvalue weighted by Gasteiger charge is 2.31. The summed E-state index contributed by atoms with van der Waals surface area (Å²) in [5, 5.41) is 0. The van der Waals surface area contributed by atoms with Crippen molar-refractivity contribution in [1.29, 1.82) is 0 Å². The molecule has 0 aliphatic carbocycles. The predicted octanol–water partition coefficient (Wildman–Crippen LogP) is 0.615. The number of benzene rings is 1. The fraction of sp³-hybridized carbons (Fsp3) is 0.500. The van der Waals surface area contributed by atoms with Crippen LogP contribution in [0.3, 0.4) is 0 Å². The molecule has 3 rings (SSSR count). The van der Waals surface area contributed by atoms with Crippen LogP contribution in [0.15, 0.2) is 23.1 Å². The fourth-order valence-electron chi connectivity index (χ4n) is 2.76. The molecular formula is C14H18N2O4S. The normalized spacial score (nSPS) is 23.4. The van der Waals surface area contributed by atoms with Crippen molar-refractivity contribution < 1.29 is 17.9 Å². The molecular weight excluding hydrogens is 292 g/mol. The molecule has 0 spiro atoms. The maximum atomic E-state index is 12.7. The number of ether oxygens (including phenoxy) is 1. The van der Waals surface area contributed by atoms with Crippen LogP contribution < -0.4 is 4.90 Å². The van der Waals surface area contributed by atoms with Gasteiger partial charge in [0.05, 0.1) is 24.0 Å². The first-order valence-electron chi connectivity index (χ1n) is 6.91. The van der Waals surface area contributed by atoms with E-state index < -0.39 is 10.0 Å². The van der Waals surface area contributed by atoms with Crippen molar-refractivity contribution in [3.63, 3.8) is 0 Å².